The van der Waals surface area contributed by atoms with Crippen molar-refractivity contribution in [2.45, 2.75) is 65.7 Å². The van der Waals surface area contributed by atoms with Crippen LogP contribution < -0.4 is 9.47 Å². The monoisotopic (exact) mass is 410 g/mol. The Hall–Kier alpha value is -2.76. The van der Waals surface area contributed by atoms with E-state index in [0.717, 1.165) is 60.4 Å². The first kappa shape index (κ1) is 21.9. The molecule has 0 aromatic carbocycles. The lowest BCUT2D eigenvalue weighted by Gasteiger charge is -2.18. The molecule has 30 heavy (non-hydrogen) atoms. The average Bonchev–Trinajstić information content (AvgIpc) is 2.75. The molecule has 0 amide bonds. The molecule has 2 aliphatic carbocycles. The molecule has 0 saturated carbocycles. The summed E-state index contributed by atoms with van der Waals surface area (Å²) in [5.74, 6) is 1.53. The highest BCUT2D eigenvalue weighted by molar-refractivity contribution is 5.97. The van der Waals surface area contributed by atoms with E-state index >= 15 is 0 Å². The van der Waals surface area contributed by atoms with Gasteiger partial charge in [0.15, 0.2) is 11.6 Å². The first-order valence-corrected chi connectivity index (χ1v) is 10.9. The van der Waals surface area contributed by atoms with E-state index in [-0.39, 0.29) is 11.6 Å². The number of nitrogens with zero attached hydrogens (tertiary/aromatic N) is 2. The number of ether oxygens (including phenoxy) is 2. The van der Waals surface area contributed by atoms with E-state index in [0.29, 0.717) is 37.6 Å². The SMILES string of the molecule is CCOc1cc(OCC)c2c(n1)C(=O)CCC2.CCc1ccc2c(n1)C(=O)CCC2. The topological polar surface area (TPSA) is 78.4 Å². The number of aryl methyl sites for hydroxylation is 2. The van der Waals surface area contributed by atoms with Crippen LogP contribution in [0.1, 0.15) is 84.3 Å². The van der Waals surface area contributed by atoms with Crippen LogP contribution in [0.25, 0.3) is 0 Å². The maximum atomic E-state index is 11.8. The zero-order valence-electron chi connectivity index (χ0n) is 18.1. The molecule has 0 N–H and O–H groups in total. The molecule has 0 atom stereocenters. The van der Waals surface area contributed by atoms with Crippen molar-refractivity contribution in [2.24, 2.45) is 0 Å². The van der Waals surface area contributed by atoms with Gasteiger partial charge in [0.05, 0.1) is 13.2 Å². The number of ketones is 2. The molecular formula is C24H30N2O4. The van der Waals surface area contributed by atoms with E-state index in [2.05, 4.69) is 23.0 Å². The number of hydrogen-bond acceptors (Lipinski definition) is 6. The number of hydrogen-bond donors (Lipinski definition) is 0. The Morgan fingerprint density at radius 2 is 1.53 bits per heavy atom. The molecule has 4 rings (SSSR count). The first-order valence-electron chi connectivity index (χ1n) is 10.9. The van der Waals surface area contributed by atoms with Crippen molar-refractivity contribution in [1.29, 1.82) is 0 Å². The molecule has 6 nitrogen and oxygen atoms in total. The molecule has 2 heterocycles. The number of Topliss-reactive ketones (excluding diaryl/α,β-unsaturated/α-hetero) is 2. The van der Waals surface area contributed by atoms with Crippen LogP contribution in [0, 0.1) is 0 Å². The fourth-order valence-electron chi connectivity index (χ4n) is 3.77. The molecule has 6 heteroatoms. The smallest absolute Gasteiger partial charge is 0.217 e. The summed E-state index contributed by atoms with van der Waals surface area (Å²) in [5.41, 5.74) is 4.35. The zero-order chi connectivity index (χ0) is 21.5. The Morgan fingerprint density at radius 3 is 2.23 bits per heavy atom. The number of carbonyl (C=O) groups is 2. The predicted molar refractivity (Wildman–Crippen MR) is 115 cm³/mol. The lowest BCUT2D eigenvalue weighted by molar-refractivity contribution is 0.0958. The van der Waals surface area contributed by atoms with Gasteiger partial charge in [0.25, 0.3) is 0 Å². The third kappa shape index (κ3) is 5.04. The van der Waals surface area contributed by atoms with Crippen molar-refractivity contribution in [3.63, 3.8) is 0 Å². The summed E-state index contributed by atoms with van der Waals surface area (Å²) < 4.78 is 10.9. The summed E-state index contributed by atoms with van der Waals surface area (Å²) in [6.45, 7) is 6.99. The normalized spacial score (nSPS) is 14.9. The standard InChI is InChI=1S/C13H17NO3.C11H13NO/c1-3-16-11-8-12(17-4-2)14-13-9(11)6-5-7-10(13)15;1-2-9-7-6-8-4-3-5-10(13)11(8)12-9/h8H,3-7H2,1-2H3;6-7H,2-5H2,1H3. The molecule has 0 unspecified atom stereocenters. The Bertz CT molecular complexity index is 924. The summed E-state index contributed by atoms with van der Waals surface area (Å²) in [6, 6.07) is 5.86. The van der Waals surface area contributed by atoms with Gasteiger partial charge in [-0.2, -0.15) is 0 Å². The molecule has 0 saturated heterocycles. The van der Waals surface area contributed by atoms with Gasteiger partial charge in [0.2, 0.25) is 5.88 Å². The third-order valence-electron chi connectivity index (χ3n) is 5.26. The van der Waals surface area contributed by atoms with Gasteiger partial charge in [-0.3, -0.25) is 9.59 Å². The molecule has 160 valence electrons. The molecular weight excluding hydrogens is 380 g/mol. The van der Waals surface area contributed by atoms with Gasteiger partial charge in [0, 0.05) is 30.2 Å². The predicted octanol–water partition coefficient (Wildman–Crippen LogP) is 4.56. The second kappa shape index (κ2) is 10.3. The lowest BCUT2D eigenvalue weighted by atomic mass is 9.94. The summed E-state index contributed by atoms with van der Waals surface area (Å²) >= 11 is 0. The van der Waals surface area contributed by atoms with Crippen LogP contribution in [0.15, 0.2) is 18.2 Å². The maximum Gasteiger partial charge on any atom is 0.217 e. The van der Waals surface area contributed by atoms with Gasteiger partial charge >= 0.3 is 0 Å². The second-order valence-corrected chi connectivity index (χ2v) is 7.37. The van der Waals surface area contributed by atoms with Crippen molar-refractivity contribution < 1.29 is 19.1 Å². The average molecular weight is 411 g/mol. The molecule has 0 fully saturated rings. The summed E-state index contributed by atoms with van der Waals surface area (Å²) in [5, 5.41) is 0. The Morgan fingerprint density at radius 1 is 0.833 bits per heavy atom. The minimum absolute atomic E-state index is 0.0914. The van der Waals surface area contributed by atoms with Crippen molar-refractivity contribution in [3.8, 4) is 11.6 Å². The van der Waals surface area contributed by atoms with E-state index in [9.17, 15) is 9.59 Å². The second-order valence-electron chi connectivity index (χ2n) is 7.37. The van der Waals surface area contributed by atoms with Crippen LogP contribution in [0.2, 0.25) is 0 Å². The van der Waals surface area contributed by atoms with Gasteiger partial charge < -0.3 is 9.47 Å². The highest BCUT2D eigenvalue weighted by Crippen LogP contribution is 2.31. The number of rotatable bonds is 5. The van der Waals surface area contributed by atoms with Gasteiger partial charge in [-0.1, -0.05) is 13.0 Å². The van der Waals surface area contributed by atoms with E-state index in [1.165, 1.54) is 0 Å². The highest BCUT2D eigenvalue weighted by Gasteiger charge is 2.24. The van der Waals surface area contributed by atoms with E-state index < -0.39 is 0 Å². The van der Waals surface area contributed by atoms with Crippen molar-refractivity contribution in [3.05, 3.63) is 46.4 Å². The molecule has 0 bridgehead atoms. The number of pyridine rings is 2. The summed E-state index contributed by atoms with van der Waals surface area (Å²) in [7, 11) is 0. The van der Waals surface area contributed by atoms with Gasteiger partial charge in [-0.15, -0.1) is 0 Å². The van der Waals surface area contributed by atoms with Crippen LogP contribution in [0.3, 0.4) is 0 Å². The van der Waals surface area contributed by atoms with Crippen LogP contribution in [-0.2, 0) is 19.3 Å². The van der Waals surface area contributed by atoms with Gasteiger partial charge in [0.1, 0.15) is 17.1 Å². The first-order chi connectivity index (χ1) is 14.6. The number of aromatic nitrogens is 2. The Kier molecular flexibility index (Phi) is 7.55. The molecule has 2 aliphatic rings. The molecule has 0 aliphatic heterocycles. The van der Waals surface area contributed by atoms with Crippen molar-refractivity contribution in [1.82, 2.24) is 9.97 Å². The van der Waals surface area contributed by atoms with Crippen LogP contribution in [-0.4, -0.2) is 34.7 Å². The molecule has 2 aromatic heterocycles. The summed E-state index contributed by atoms with van der Waals surface area (Å²) in [4.78, 5) is 32.0. The van der Waals surface area contributed by atoms with E-state index in [1.807, 2.05) is 19.9 Å². The third-order valence-corrected chi connectivity index (χ3v) is 5.26. The summed E-state index contributed by atoms with van der Waals surface area (Å²) in [6.07, 6.45) is 5.88. The fraction of sp³-hybridized carbons (Fsp3) is 0.500. The van der Waals surface area contributed by atoms with Crippen LogP contribution in [0.4, 0.5) is 0 Å². The van der Waals surface area contributed by atoms with E-state index in [1.54, 1.807) is 6.07 Å². The zero-order valence-corrected chi connectivity index (χ0v) is 18.1. The molecule has 0 radical (unpaired) electrons. The Balaban J connectivity index is 0.000000177. The maximum absolute atomic E-state index is 11.8. The quantitative estimate of drug-likeness (QED) is 0.719. The molecule has 2 aromatic rings. The fourth-order valence-corrected chi connectivity index (χ4v) is 3.77. The van der Waals surface area contributed by atoms with Gasteiger partial charge in [-0.25, -0.2) is 9.97 Å². The van der Waals surface area contributed by atoms with Gasteiger partial charge in [-0.05, 0) is 57.6 Å². The van der Waals surface area contributed by atoms with Crippen molar-refractivity contribution >= 4 is 11.6 Å². The van der Waals surface area contributed by atoms with Crippen LogP contribution in [0.5, 0.6) is 11.6 Å². The number of fused-ring (bicyclic) bond motifs is 2. The lowest BCUT2D eigenvalue weighted by Crippen LogP contribution is -2.15. The molecule has 0 spiro atoms. The van der Waals surface area contributed by atoms with Crippen molar-refractivity contribution in [2.75, 3.05) is 13.2 Å². The van der Waals surface area contributed by atoms with Crippen LogP contribution >= 0.6 is 0 Å². The Labute approximate surface area is 178 Å². The van der Waals surface area contributed by atoms with E-state index in [4.69, 9.17) is 9.47 Å². The minimum atomic E-state index is 0.0914. The largest absolute Gasteiger partial charge is 0.493 e. The highest BCUT2D eigenvalue weighted by atomic mass is 16.5. The number of carbonyl (C=O) groups excluding carboxylic acids is 2. The minimum Gasteiger partial charge on any atom is -0.493 e.